The third-order valence-electron chi connectivity index (χ3n) is 4.59. The van der Waals surface area contributed by atoms with E-state index < -0.39 is 0 Å². The molecule has 1 saturated carbocycles. The lowest BCUT2D eigenvalue weighted by Gasteiger charge is -2.29. The predicted octanol–water partition coefficient (Wildman–Crippen LogP) is 3.21. The minimum atomic E-state index is -0.0363. The van der Waals surface area contributed by atoms with E-state index in [1.807, 2.05) is 0 Å². The van der Waals surface area contributed by atoms with E-state index in [1.165, 1.54) is 5.56 Å². The molecule has 0 saturated heterocycles. The van der Waals surface area contributed by atoms with Crippen molar-refractivity contribution in [3.63, 3.8) is 0 Å². The number of ketones is 1. The number of rotatable bonds is 6. The van der Waals surface area contributed by atoms with Gasteiger partial charge in [-0.15, -0.1) is 0 Å². The van der Waals surface area contributed by atoms with Gasteiger partial charge in [-0.25, -0.2) is 0 Å². The Kier molecular flexibility index (Phi) is 5.95. The largest absolute Gasteiger partial charge is 0.381 e. The van der Waals surface area contributed by atoms with E-state index in [0.29, 0.717) is 12.1 Å². The van der Waals surface area contributed by atoms with Crippen LogP contribution in [-0.4, -0.2) is 31.6 Å². The van der Waals surface area contributed by atoms with Gasteiger partial charge in [0, 0.05) is 19.7 Å². The van der Waals surface area contributed by atoms with Crippen molar-refractivity contribution in [2.75, 3.05) is 13.7 Å². The number of carbonyl (C=O) groups is 1. The Balaban J connectivity index is 1.89. The highest BCUT2D eigenvalue weighted by atomic mass is 16.5. The monoisotopic (exact) mass is 289 g/mol. The number of hydrogen-bond donors (Lipinski definition) is 1. The smallest absolute Gasteiger partial charge is 0.138 e. The van der Waals surface area contributed by atoms with Crippen LogP contribution in [0.5, 0.6) is 0 Å². The molecule has 0 amide bonds. The maximum absolute atomic E-state index is 11.9. The lowest BCUT2D eigenvalue weighted by molar-refractivity contribution is -0.118. The van der Waals surface area contributed by atoms with Gasteiger partial charge in [-0.05, 0) is 45.1 Å². The van der Waals surface area contributed by atoms with Crippen molar-refractivity contribution in [2.45, 2.75) is 57.6 Å². The number of ether oxygens (including phenoxy) is 1. The fourth-order valence-corrected chi connectivity index (χ4v) is 3.08. The minimum absolute atomic E-state index is 0.0363. The molecule has 21 heavy (non-hydrogen) atoms. The summed E-state index contributed by atoms with van der Waals surface area (Å²) >= 11 is 0. The molecule has 116 valence electrons. The SMILES string of the molecule is COC1CCC(NC[C@@H](C(C)=O)c2ccc(C)cc2)CC1. The lowest BCUT2D eigenvalue weighted by Crippen LogP contribution is -2.38. The van der Waals surface area contributed by atoms with Crippen molar-refractivity contribution in [2.24, 2.45) is 0 Å². The summed E-state index contributed by atoms with van der Waals surface area (Å²) in [4.78, 5) is 11.9. The summed E-state index contributed by atoms with van der Waals surface area (Å²) < 4.78 is 5.40. The van der Waals surface area contributed by atoms with E-state index in [1.54, 1.807) is 14.0 Å². The van der Waals surface area contributed by atoms with Gasteiger partial charge in [0.15, 0.2) is 0 Å². The van der Waals surface area contributed by atoms with Crippen molar-refractivity contribution in [3.8, 4) is 0 Å². The molecule has 1 N–H and O–H groups in total. The Morgan fingerprint density at radius 1 is 1.24 bits per heavy atom. The van der Waals surface area contributed by atoms with E-state index in [0.717, 1.165) is 37.8 Å². The molecule has 1 atom stereocenters. The number of nitrogens with one attached hydrogen (secondary N) is 1. The molecule has 0 bridgehead atoms. The zero-order valence-electron chi connectivity index (χ0n) is 13.4. The number of benzene rings is 1. The second-order valence-corrected chi connectivity index (χ2v) is 6.19. The van der Waals surface area contributed by atoms with E-state index in [-0.39, 0.29) is 11.7 Å². The average molecular weight is 289 g/mol. The first-order valence-electron chi connectivity index (χ1n) is 7.93. The second-order valence-electron chi connectivity index (χ2n) is 6.19. The summed E-state index contributed by atoms with van der Waals surface area (Å²) in [6.07, 6.45) is 4.92. The maximum Gasteiger partial charge on any atom is 0.138 e. The molecule has 1 fully saturated rings. The molecule has 3 heteroatoms. The van der Waals surface area contributed by atoms with Gasteiger partial charge in [0.25, 0.3) is 0 Å². The van der Waals surface area contributed by atoms with Crippen LogP contribution in [0.2, 0.25) is 0 Å². The van der Waals surface area contributed by atoms with Gasteiger partial charge >= 0.3 is 0 Å². The van der Waals surface area contributed by atoms with E-state index in [4.69, 9.17) is 4.74 Å². The molecule has 3 nitrogen and oxygen atoms in total. The van der Waals surface area contributed by atoms with Crippen LogP contribution in [0.25, 0.3) is 0 Å². The third-order valence-corrected chi connectivity index (χ3v) is 4.59. The second kappa shape index (κ2) is 7.71. The summed E-state index contributed by atoms with van der Waals surface area (Å²) in [7, 11) is 1.79. The quantitative estimate of drug-likeness (QED) is 0.874. The average Bonchev–Trinajstić information content (AvgIpc) is 2.49. The van der Waals surface area contributed by atoms with Crippen molar-refractivity contribution < 1.29 is 9.53 Å². The molecule has 1 aliphatic rings. The van der Waals surface area contributed by atoms with Crippen molar-refractivity contribution in [1.29, 1.82) is 0 Å². The van der Waals surface area contributed by atoms with Gasteiger partial charge in [0.1, 0.15) is 5.78 Å². The van der Waals surface area contributed by atoms with Gasteiger partial charge in [0.05, 0.1) is 12.0 Å². The number of hydrogen-bond acceptors (Lipinski definition) is 3. The number of Topliss-reactive ketones (excluding diaryl/α,β-unsaturated/α-hetero) is 1. The minimum Gasteiger partial charge on any atom is -0.381 e. The van der Waals surface area contributed by atoms with Gasteiger partial charge in [-0.1, -0.05) is 29.8 Å². The molecule has 1 aliphatic carbocycles. The Morgan fingerprint density at radius 3 is 2.38 bits per heavy atom. The van der Waals surface area contributed by atoms with Gasteiger partial charge in [-0.2, -0.15) is 0 Å². The molecular weight excluding hydrogens is 262 g/mol. The first-order valence-corrected chi connectivity index (χ1v) is 7.93. The van der Waals surface area contributed by atoms with Gasteiger partial charge in [-0.3, -0.25) is 4.79 Å². The first kappa shape index (κ1) is 16.2. The normalized spacial score (nSPS) is 23.8. The number of methoxy groups -OCH3 is 1. The van der Waals surface area contributed by atoms with Crippen LogP contribution in [0.15, 0.2) is 24.3 Å². The maximum atomic E-state index is 11.9. The summed E-state index contributed by atoms with van der Waals surface area (Å²) in [5, 5.41) is 3.58. The summed E-state index contributed by atoms with van der Waals surface area (Å²) in [5.41, 5.74) is 2.35. The topological polar surface area (TPSA) is 38.3 Å². The molecule has 0 heterocycles. The molecule has 0 radical (unpaired) electrons. The zero-order chi connectivity index (χ0) is 15.2. The predicted molar refractivity (Wildman–Crippen MR) is 85.7 cm³/mol. The molecule has 2 rings (SSSR count). The highest BCUT2D eigenvalue weighted by Crippen LogP contribution is 2.22. The van der Waals surface area contributed by atoms with Crippen LogP contribution in [0.4, 0.5) is 0 Å². The third kappa shape index (κ3) is 4.65. The first-order chi connectivity index (χ1) is 10.1. The highest BCUT2D eigenvalue weighted by molar-refractivity contribution is 5.83. The van der Waals surface area contributed by atoms with E-state index in [9.17, 15) is 4.79 Å². The van der Waals surface area contributed by atoms with Crippen LogP contribution in [0.1, 0.15) is 49.7 Å². The van der Waals surface area contributed by atoms with Gasteiger partial charge in [0.2, 0.25) is 0 Å². The summed E-state index contributed by atoms with van der Waals surface area (Å²) in [6.45, 7) is 4.49. The molecule has 1 aromatic carbocycles. The summed E-state index contributed by atoms with van der Waals surface area (Å²) in [6, 6.07) is 8.82. The van der Waals surface area contributed by atoms with Crippen LogP contribution in [-0.2, 0) is 9.53 Å². The Labute approximate surface area is 128 Å². The fraction of sp³-hybridized carbons (Fsp3) is 0.611. The van der Waals surface area contributed by atoms with Crippen LogP contribution in [0, 0.1) is 6.92 Å². The van der Waals surface area contributed by atoms with E-state index in [2.05, 4.69) is 36.5 Å². The Bertz CT molecular complexity index is 447. The standard InChI is InChI=1S/C18H27NO2/c1-13-4-6-15(7-5-13)18(14(2)20)12-19-16-8-10-17(21-3)11-9-16/h4-7,16-19H,8-12H2,1-3H3/t16?,17?,18-/m0/s1. The number of aryl methyl sites for hydroxylation is 1. The molecular formula is C18H27NO2. The molecule has 0 aliphatic heterocycles. The van der Waals surface area contributed by atoms with Crippen molar-refractivity contribution >= 4 is 5.78 Å². The van der Waals surface area contributed by atoms with Crippen LogP contribution in [0.3, 0.4) is 0 Å². The molecule has 0 aromatic heterocycles. The zero-order valence-corrected chi connectivity index (χ0v) is 13.4. The van der Waals surface area contributed by atoms with Crippen molar-refractivity contribution in [3.05, 3.63) is 35.4 Å². The van der Waals surface area contributed by atoms with Gasteiger partial charge < -0.3 is 10.1 Å². The van der Waals surface area contributed by atoms with Crippen LogP contribution < -0.4 is 5.32 Å². The van der Waals surface area contributed by atoms with Crippen LogP contribution >= 0.6 is 0 Å². The fourth-order valence-electron chi connectivity index (χ4n) is 3.08. The van der Waals surface area contributed by atoms with E-state index >= 15 is 0 Å². The molecule has 0 spiro atoms. The summed E-state index contributed by atoms with van der Waals surface area (Å²) in [5.74, 6) is 0.197. The molecule has 0 unspecified atom stereocenters. The molecule has 1 aromatic rings. The lowest BCUT2D eigenvalue weighted by atomic mass is 9.91. The number of carbonyl (C=O) groups excluding carboxylic acids is 1. The Morgan fingerprint density at radius 2 is 1.86 bits per heavy atom. The highest BCUT2D eigenvalue weighted by Gasteiger charge is 2.23. The van der Waals surface area contributed by atoms with Crippen molar-refractivity contribution in [1.82, 2.24) is 5.32 Å². The Hall–Kier alpha value is -1.19.